The summed E-state index contributed by atoms with van der Waals surface area (Å²) in [5.74, 6) is 0.750. The summed E-state index contributed by atoms with van der Waals surface area (Å²) in [5, 5.41) is 0. The number of hydrogen-bond acceptors (Lipinski definition) is 2. The maximum Gasteiger partial charge on any atom is 0.0602 e. The largest absolute Gasteiger partial charge is 0.381 e. The zero-order valence-electron chi connectivity index (χ0n) is 8.38. The quantitative estimate of drug-likeness (QED) is 0.650. The number of ether oxygens (including phenoxy) is 2. The van der Waals surface area contributed by atoms with Gasteiger partial charge < -0.3 is 9.47 Å². The molecule has 2 nitrogen and oxygen atoms in total. The zero-order chi connectivity index (χ0) is 8.97. The summed E-state index contributed by atoms with van der Waals surface area (Å²) in [4.78, 5) is 0. The van der Waals surface area contributed by atoms with Gasteiger partial charge in [0, 0.05) is 13.7 Å². The van der Waals surface area contributed by atoms with E-state index in [0.29, 0.717) is 12.2 Å². The van der Waals surface area contributed by atoms with E-state index in [0.717, 1.165) is 18.9 Å². The molecule has 1 aliphatic carbocycles. The van der Waals surface area contributed by atoms with Gasteiger partial charge in [0.25, 0.3) is 0 Å². The Balaban J connectivity index is 2.34. The van der Waals surface area contributed by atoms with Crippen LogP contribution >= 0.6 is 0 Å². The molecule has 72 valence electrons. The number of hydrogen-bond donors (Lipinski definition) is 0. The Morgan fingerprint density at radius 1 is 1.17 bits per heavy atom. The van der Waals surface area contributed by atoms with E-state index in [1.165, 1.54) is 12.8 Å². The van der Waals surface area contributed by atoms with Crippen molar-refractivity contribution in [3.05, 3.63) is 0 Å². The van der Waals surface area contributed by atoms with Crippen molar-refractivity contribution in [2.24, 2.45) is 5.92 Å². The average Bonchev–Trinajstić information content (AvgIpc) is 2.04. The van der Waals surface area contributed by atoms with Gasteiger partial charge in [-0.05, 0) is 32.1 Å². The van der Waals surface area contributed by atoms with Crippen LogP contribution in [0.25, 0.3) is 0 Å². The summed E-state index contributed by atoms with van der Waals surface area (Å²) in [6.45, 7) is 5.16. The van der Waals surface area contributed by atoms with Gasteiger partial charge in [-0.3, -0.25) is 0 Å². The summed E-state index contributed by atoms with van der Waals surface area (Å²) in [7, 11) is 1.80. The fourth-order valence-electron chi connectivity index (χ4n) is 2.04. The van der Waals surface area contributed by atoms with Crippen LogP contribution in [-0.4, -0.2) is 25.9 Å². The first kappa shape index (κ1) is 10.0. The van der Waals surface area contributed by atoms with E-state index >= 15 is 0 Å². The molecular weight excluding hydrogens is 152 g/mol. The van der Waals surface area contributed by atoms with Gasteiger partial charge in [0.1, 0.15) is 0 Å². The van der Waals surface area contributed by atoms with Crippen molar-refractivity contribution in [3.8, 4) is 0 Å². The van der Waals surface area contributed by atoms with Crippen LogP contribution in [0.5, 0.6) is 0 Å². The maximum atomic E-state index is 5.61. The second-order valence-electron chi connectivity index (χ2n) is 3.75. The number of rotatable bonds is 3. The van der Waals surface area contributed by atoms with Crippen molar-refractivity contribution in [3.63, 3.8) is 0 Å². The lowest BCUT2D eigenvalue weighted by molar-refractivity contribution is -0.0408. The average molecular weight is 172 g/mol. The molecule has 0 spiro atoms. The molecule has 0 aromatic rings. The van der Waals surface area contributed by atoms with Crippen LogP contribution in [-0.2, 0) is 9.47 Å². The van der Waals surface area contributed by atoms with Crippen LogP contribution in [0.4, 0.5) is 0 Å². The Labute approximate surface area is 75.2 Å². The highest BCUT2D eigenvalue weighted by Gasteiger charge is 2.26. The van der Waals surface area contributed by atoms with Gasteiger partial charge in [-0.15, -0.1) is 0 Å². The predicted molar refractivity (Wildman–Crippen MR) is 49.2 cm³/mol. The molecule has 1 rings (SSSR count). The minimum absolute atomic E-state index is 0.422. The van der Waals surface area contributed by atoms with Crippen molar-refractivity contribution in [1.29, 1.82) is 0 Å². The summed E-state index contributed by atoms with van der Waals surface area (Å²) >= 11 is 0. The second-order valence-corrected chi connectivity index (χ2v) is 3.75. The molecule has 1 fully saturated rings. The van der Waals surface area contributed by atoms with E-state index < -0.39 is 0 Å². The molecule has 0 saturated heterocycles. The summed E-state index contributed by atoms with van der Waals surface area (Å²) in [6.07, 6.45) is 4.33. The Morgan fingerprint density at radius 2 is 1.83 bits per heavy atom. The lowest BCUT2D eigenvalue weighted by Gasteiger charge is -2.32. The van der Waals surface area contributed by atoms with Crippen LogP contribution in [0, 0.1) is 5.92 Å². The van der Waals surface area contributed by atoms with Crippen molar-refractivity contribution in [2.45, 2.75) is 45.3 Å². The maximum absolute atomic E-state index is 5.61. The monoisotopic (exact) mass is 172 g/mol. The SMILES string of the molecule is CCO[C@@H]1C[C@H](C)C[C@H](OC)C1. The molecule has 0 amide bonds. The van der Waals surface area contributed by atoms with Gasteiger partial charge in [-0.25, -0.2) is 0 Å². The third kappa shape index (κ3) is 2.76. The summed E-state index contributed by atoms with van der Waals surface area (Å²) in [5.41, 5.74) is 0. The molecule has 3 atom stereocenters. The molecule has 0 bridgehead atoms. The van der Waals surface area contributed by atoms with Gasteiger partial charge in [0.2, 0.25) is 0 Å². The van der Waals surface area contributed by atoms with Crippen LogP contribution in [0.1, 0.15) is 33.1 Å². The molecule has 1 aliphatic rings. The number of methoxy groups -OCH3 is 1. The lowest BCUT2D eigenvalue weighted by Crippen LogP contribution is -2.31. The third-order valence-electron chi connectivity index (χ3n) is 2.59. The molecule has 0 aromatic carbocycles. The molecular formula is C10H20O2. The van der Waals surface area contributed by atoms with E-state index in [4.69, 9.17) is 9.47 Å². The van der Waals surface area contributed by atoms with E-state index in [-0.39, 0.29) is 0 Å². The fraction of sp³-hybridized carbons (Fsp3) is 1.00. The normalized spacial score (nSPS) is 36.8. The molecule has 1 saturated carbocycles. The van der Waals surface area contributed by atoms with E-state index in [1.54, 1.807) is 7.11 Å². The van der Waals surface area contributed by atoms with Crippen LogP contribution in [0.2, 0.25) is 0 Å². The highest BCUT2D eigenvalue weighted by atomic mass is 16.5. The lowest BCUT2D eigenvalue weighted by atomic mass is 9.86. The molecule has 0 aliphatic heterocycles. The second kappa shape index (κ2) is 4.83. The Morgan fingerprint density at radius 3 is 2.42 bits per heavy atom. The van der Waals surface area contributed by atoms with Crippen LogP contribution in [0.3, 0.4) is 0 Å². The Hall–Kier alpha value is -0.0800. The summed E-state index contributed by atoms with van der Waals surface area (Å²) in [6, 6.07) is 0. The predicted octanol–water partition coefficient (Wildman–Crippen LogP) is 2.23. The van der Waals surface area contributed by atoms with E-state index in [1.807, 2.05) is 0 Å². The first-order chi connectivity index (χ1) is 5.76. The highest BCUT2D eigenvalue weighted by molar-refractivity contribution is 4.77. The molecule has 0 radical (unpaired) electrons. The van der Waals surface area contributed by atoms with Gasteiger partial charge in [0.15, 0.2) is 0 Å². The van der Waals surface area contributed by atoms with Gasteiger partial charge in [0.05, 0.1) is 12.2 Å². The minimum atomic E-state index is 0.422. The van der Waals surface area contributed by atoms with E-state index in [2.05, 4.69) is 13.8 Å². The van der Waals surface area contributed by atoms with Crippen molar-refractivity contribution in [1.82, 2.24) is 0 Å². The van der Waals surface area contributed by atoms with Crippen molar-refractivity contribution >= 4 is 0 Å². The van der Waals surface area contributed by atoms with Crippen molar-refractivity contribution < 1.29 is 9.47 Å². The van der Waals surface area contributed by atoms with Crippen molar-refractivity contribution in [2.75, 3.05) is 13.7 Å². The Kier molecular flexibility index (Phi) is 4.02. The molecule has 0 aromatic heterocycles. The van der Waals surface area contributed by atoms with Gasteiger partial charge in [-0.1, -0.05) is 6.92 Å². The smallest absolute Gasteiger partial charge is 0.0602 e. The third-order valence-corrected chi connectivity index (χ3v) is 2.59. The first-order valence-corrected chi connectivity index (χ1v) is 4.90. The zero-order valence-corrected chi connectivity index (χ0v) is 8.38. The molecule has 2 heteroatoms. The standard InChI is InChI=1S/C10H20O2/c1-4-12-10-6-8(2)5-9(7-10)11-3/h8-10H,4-7H2,1-3H3/t8-,9+,10-/m1/s1. The first-order valence-electron chi connectivity index (χ1n) is 4.90. The molecule has 0 heterocycles. The minimum Gasteiger partial charge on any atom is -0.381 e. The van der Waals surface area contributed by atoms with E-state index in [9.17, 15) is 0 Å². The van der Waals surface area contributed by atoms with Gasteiger partial charge >= 0.3 is 0 Å². The van der Waals surface area contributed by atoms with Gasteiger partial charge in [-0.2, -0.15) is 0 Å². The summed E-state index contributed by atoms with van der Waals surface area (Å²) < 4.78 is 11.0. The van der Waals surface area contributed by atoms with Crippen LogP contribution < -0.4 is 0 Å². The molecule has 12 heavy (non-hydrogen) atoms. The van der Waals surface area contributed by atoms with Crippen LogP contribution in [0.15, 0.2) is 0 Å². The fourth-order valence-corrected chi connectivity index (χ4v) is 2.04. The Bertz CT molecular complexity index is 125. The topological polar surface area (TPSA) is 18.5 Å². The highest BCUT2D eigenvalue weighted by Crippen LogP contribution is 2.27. The molecule has 0 N–H and O–H groups in total. The molecule has 0 unspecified atom stereocenters.